The molecule has 30 heavy (non-hydrogen) atoms. The minimum Gasteiger partial charge on any atom is -0.326 e. The molecular formula is C24H32N2O3S. The summed E-state index contributed by atoms with van der Waals surface area (Å²) in [6, 6.07) is 14.9. The molecule has 1 N–H and O–H groups in total. The minimum absolute atomic E-state index is 0.0777. The number of sulfonamides is 1. The lowest BCUT2D eigenvalue weighted by Crippen LogP contribution is -2.31. The van der Waals surface area contributed by atoms with E-state index in [9.17, 15) is 13.2 Å². The van der Waals surface area contributed by atoms with Gasteiger partial charge >= 0.3 is 0 Å². The van der Waals surface area contributed by atoms with Gasteiger partial charge in [0.1, 0.15) is 0 Å². The second-order valence-corrected chi connectivity index (χ2v) is 10.2. The molecule has 0 atom stereocenters. The van der Waals surface area contributed by atoms with E-state index < -0.39 is 10.0 Å². The molecule has 1 aliphatic rings. The van der Waals surface area contributed by atoms with Crippen LogP contribution in [0.25, 0.3) is 0 Å². The SMILES string of the molecule is CC(C)c1ccc(CCC(=O)Nc2ccc(S(=O)(=O)N3CCCCCC3)cc2)cc1. The summed E-state index contributed by atoms with van der Waals surface area (Å²) in [4.78, 5) is 12.6. The number of hydrogen-bond acceptors (Lipinski definition) is 3. The third kappa shape index (κ3) is 5.92. The number of rotatable bonds is 7. The van der Waals surface area contributed by atoms with Gasteiger partial charge in [-0.1, -0.05) is 51.0 Å². The number of hydrogen-bond donors (Lipinski definition) is 1. The quantitative estimate of drug-likeness (QED) is 0.679. The number of carbonyl (C=O) groups is 1. The van der Waals surface area contributed by atoms with Crippen LogP contribution in [0.4, 0.5) is 5.69 Å². The molecule has 1 amide bonds. The Morgan fingerprint density at radius 1 is 0.933 bits per heavy atom. The zero-order chi connectivity index (χ0) is 21.6. The molecule has 6 heteroatoms. The van der Waals surface area contributed by atoms with Crippen LogP contribution >= 0.6 is 0 Å². The molecule has 1 fully saturated rings. The number of aryl methyl sites for hydroxylation is 1. The fourth-order valence-corrected chi connectivity index (χ4v) is 5.21. The van der Waals surface area contributed by atoms with Crippen molar-refractivity contribution in [2.24, 2.45) is 0 Å². The van der Waals surface area contributed by atoms with Crippen LogP contribution in [0.15, 0.2) is 53.4 Å². The maximum absolute atomic E-state index is 12.8. The Hall–Kier alpha value is -2.18. The van der Waals surface area contributed by atoms with Crippen LogP contribution in [0.2, 0.25) is 0 Å². The Bertz CT molecular complexity index is 927. The molecule has 1 saturated heterocycles. The summed E-state index contributed by atoms with van der Waals surface area (Å²) < 4.78 is 27.3. The number of benzene rings is 2. The summed E-state index contributed by atoms with van der Waals surface area (Å²) >= 11 is 0. The predicted octanol–water partition coefficient (Wildman–Crippen LogP) is 4.95. The van der Waals surface area contributed by atoms with E-state index in [4.69, 9.17) is 0 Å². The number of nitrogens with zero attached hydrogens (tertiary/aromatic N) is 1. The van der Waals surface area contributed by atoms with Crippen LogP contribution < -0.4 is 5.32 Å². The van der Waals surface area contributed by atoms with E-state index in [0.717, 1.165) is 31.2 Å². The first-order valence-electron chi connectivity index (χ1n) is 10.8. The maximum Gasteiger partial charge on any atom is 0.243 e. The third-order valence-electron chi connectivity index (χ3n) is 5.63. The molecule has 0 unspecified atom stereocenters. The Morgan fingerprint density at radius 2 is 1.53 bits per heavy atom. The molecule has 1 aliphatic heterocycles. The predicted molar refractivity (Wildman–Crippen MR) is 121 cm³/mol. The molecule has 0 spiro atoms. The molecule has 1 heterocycles. The van der Waals surface area contributed by atoms with E-state index >= 15 is 0 Å². The Morgan fingerprint density at radius 3 is 2.10 bits per heavy atom. The van der Waals surface area contributed by atoms with Crippen molar-refractivity contribution in [3.8, 4) is 0 Å². The lowest BCUT2D eigenvalue weighted by molar-refractivity contribution is -0.116. The van der Waals surface area contributed by atoms with Gasteiger partial charge in [-0.25, -0.2) is 8.42 Å². The first-order valence-corrected chi connectivity index (χ1v) is 12.3. The highest BCUT2D eigenvalue weighted by atomic mass is 32.2. The fourth-order valence-electron chi connectivity index (χ4n) is 3.69. The number of amides is 1. The molecule has 2 aromatic rings. The molecule has 0 bridgehead atoms. The molecule has 0 aromatic heterocycles. The van der Waals surface area contributed by atoms with E-state index in [0.29, 0.717) is 37.5 Å². The summed E-state index contributed by atoms with van der Waals surface area (Å²) in [6.07, 6.45) is 5.04. The summed E-state index contributed by atoms with van der Waals surface area (Å²) in [5.41, 5.74) is 3.04. The van der Waals surface area contributed by atoms with Gasteiger partial charge in [-0.15, -0.1) is 0 Å². The Kier molecular flexibility index (Phi) is 7.67. The third-order valence-corrected chi connectivity index (χ3v) is 7.54. The normalized spacial score (nSPS) is 15.7. The number of carbonyl (C=O) groups excluding carboxylic acids is 1. The van der Waals surface area contributed by atoms with Gasteiger partial charge in [0.05, 0.1) is 4.90 Å². The van der Waals surface area contributed by atoms with Gasteiger partial charge in [0, 0.05) is 25.2 Å². The van der Waals surface area contributed by atoms with Crippen molar-refractivity contribution >= 4 is 21.6 Å². The van der Waals surface area contributed by atoms with Gasteiger partial charge in [0.2, 0.25) is 15.9 Å². The molecule has 0 aliphatic carbocycles. The minimum atomic E-state index is -3.47. The van der Waals surface area contributed by atoms with Gasteiger partial charge in [-0.3, -0.25) is 4.79 Å². The van der Waals surface area contributed by atoms with Gasteiger partial charge in [-0.05, 0) is 60.6 Å². The highest BCUT2D eigenvalue weighted by Crippen LogP contribution is 2.22. The maximum atomic E-state index is 12.8. The number of anilines is 1. The summed E-state index contributed by atoms with van der Waals surface area (Å²) in [7, 11) is -3.47. The van der Waals surface area contributed by atoms with Gasteiger partial charge in [0.25, 0.3) is 0 Å². The molecule has 3 rings (SSSR count). The molecule has 2 aromatic carbocycles. The standard InChI is InChI=1S/C24H32N2O3S/c1-19(2)21-10-7-20(8-11-21)9-16-24(27)25-22-12-14-23(15-13-22)30(28,29)26-17-5-3-4-6-18-26/h7-8,10-15,19H,3-6,9,16-18H2,1-2H3,(H,25,27). The van der Waals surface area contributed by atoms with Crippen molar-refractivity contribution in [3.05, 3.63) is 59.7 Å². The highest BCUT2D eigenvalue weighted by Gasteiger charge is 2.24. The smallest absolute Gasteiger partial charge is 0.243 e. The first-order chi connectivity index (χ1) is 14.4. The second-order valence-electron chi connectivity index (χ2n) is 8.29. The zero-order valence-electron chi connectivity index (χ0n) is 17.9. The van der Waals surface area contributed by atoms with Crippen LogP contribution in [0, 0.1) is 0 Å². The molecule has 162 valence electrons. The van der Waals surface area contributed by atoms with E-state index in [1.807, 2.05) is 0 Å². The van der Waals surface area contributed by atoms with Crippen LogP contribution in [-0.2, 0) is 21.2 Å². The fraction of sp³-hybridized carbons (Fsp3) is 0.458. The van der Waals surface area contributed by atoms with E-state index in [1.165, 1.54) is 5.56 Å². The van der Waals surface area contributed by atoms with E-state index in [2.05, 4.69) is 43.4 Å². The Balaban J connectivity index is 1.55. The topological polar surface area (TPSA) is 66.5 Å². The van der Waals surface area contributed by atoms with Crippen molar-refractivity contribution in [1.29, 1.82) is 0 Å². The average Bonchev–Trinajstić information content (AvgIpc) is 3.03. The molecule has 0 radical (unpaired) electrons. The van der Waals surface area contributed by atoms with E-state index in [1.54, 1.807) is 28.6 Å². The zero-order valence-corrected chi connectivity index (χ0v) is 18.7. The largest absolute Gasteiger partial charge is 0.326 e. The van der Waals surface area contributed by atoms with Crippen LogP contribution in [-0.4, -0.2) is 31.7 Å². The lowest BCUT2D eigenvalue weighted by atomic mass is 10.0. The van der Waals surface area contributed by atoms with Crippen LogP contribution in [0.5, 0.6) is 0 Å². The van der Waals surface area contributed by atoms with Crippen molar-refractivity contribution in [3.63, 3.8) is 0 Å². The Labute approximate surface area is 180 Å². The lowest BCUT2D eigenvalue weighted by Gasteiger charge is -2.20. The molecular weight excluding hydrogens is 396 g/mol. The number of nitrogens with one attached hydrogen (secondary N) is 1. The van der Waals surface area contributed by atoms with Gasteiger partial charge in [0.15, 0.2) is 0 Å². The first kappa shape index (κ1) is 22.5. The van der Waals surface area contributed by atoms with Crippen LogP contribution in [0.3, 0.4) is 0 Å². The van der Waals surface area contributed by atoms with Gasteiger partial charge < -0.3 is 5.32 Å². The van der Waals surface area contributed by atoms with Crippen molar-refractivity contribution in [2.75, 3.05) is 18.4 Å². The molecule has 0 saturated carbocycles. The average molecular weight is 429 g/mol. The monoisotopic (exact) mass is 428 g/mol. The van der Waals surface area contributed by atoms with Crippen LogP contribution in [0.1, 0.15) is 63.0 Å². The summed E-state index contributed by atoms with van der Waals surface area (Å²) in [5, 5.41) is 2.86. The summed E-state index contributed by atoms with van der Waals surface area (Å²) in [6.45, 7) is 5.48. The summed E-state index contributed by atoms with van der Waals surface area (Å²) in [5.74, 6) is 0.416. The van der Waals surface area contributed by atoms with Crippen molar-refractivity contribution in [1.82, 2.24) is 4.31 Å². The van der Waals surface area contributed by atoms with Crippen molar-refractivity contribution < 1.29 is 13.2 Å². The van der Waals surface area contributed by atoms with E-state index in [-0.39, 0.29) is 10.8 Å². The van der Waals surface area contributed by atoms with Gasteiger partial charge in [-0.2, -0.15) is 4.31 Å². The molecule has 5 nitrogen and oxygen atoms in total. The highest BCUT2D eigenvalue weighted by molar-refractivity contribution is 7.89. The second kappa shape index (κ2) is 10.2. The van der Waals surface area contributed by atoms with Crippen molar-refractivity contribution in [2.45, 2.75) is 63.2 Å².